The second-order valence-corrected chi connectivity index (χ2v) is 8.82. The number of phenols is 1. The molecule has 1 saturated heterocycles. The maximum absolute atomic E-state index is 13.3. The van der Waals surface area contributed by atoms with E-state index in [0.717, 1.165) is 16.2 Å². The van der Waals surface area contributed by atoms with E-state index in [1.54, 1.807) is 44.2 Å². The number of ether oxygens (including phenoxy) is 2. The van der Waals surface area contributed by atoms with Crippen molar-refractivity contribution in [1.82, 2.24) is 4.98 Å². The summed E-state index contributed by atoms with van der Waals surface area (Å²) in [4.78, 5) is 44.4. The number of esters is 1. The highest BCUT2D eigenvalue weighted by atomic mass is 32.1. The van der Waals surface area contributed by atoms with Crippen LogP contribution in [0, 0.1) is 13.8 Å². The molecule has 1 aromatic heterocycles. The molecular weight excluding hydrogens is 472 g/mol. The molecule has 2 aromatic carbocycles. The first-order valence-electron chi connectivity index (χ1n) is 10.5. The minimum Gasteiger partial charge on any atom is -0.508 e. The van der Waals surface area contributed by atoms with E-state index in [1.165, 1.54) is 26.4 Å². The molecule has 1 aliphatic rings. The molecule has 3 aromatic rings. The number of rotatable bonds is 5. The number of aromatic nitrogens is 1. The van der Waals surface area contributed by atoms with Crippen LogP contribution in [0.25, 0.3) is 5.76 Å². The summed E-state index contributed by atoms with van der Waals surface area (Å²) in [6.45, 7) is 3.34. The zero-order chi connectivity index (χ0) is 25.4. The number of phenolic OH excluding ortho intramolecular Hbond substituents is 1. The molecule has 0 spiro atoms. The van der Waals surface area contributed by atoms with Gasteiger partial charge in [0, 0.05) is 5.56 Å². The van der Waals surface area contributed by atoms with Crippen molar-refractivity contribution in [2.45, 2.75) is 19.9 Å². The van der Waals surface area contributed by atoms with E-state index in [0.29, 0.717) is 28.1 Å². The van der Waals surface area contributed by atoms with Crippen molar-refractivity contribution in [2.75, 3.05) is 19.1 Å². The van der Waals surface area contributed by atoms with Crippen molar-refractivity contribution < 1.29 is 34.1 Å². The Kier molecular flexibility index (Phi) is 6.31. The average molecular weight is 495 g/mol. The van der Waals surface area contributed by atoms with Crippen LogP contribution < -0.4 is 9.64 Å². The van der Waals surface area contributed by atoms with Crippen LogP contribution >= 0.6 is 11.3 Å². The molecule has 0 aliphatic carbocycles. The fraction of sp³-hybridized carbons (Fsp3) is 0.200. The van der Waals surface area contributed by atoms with Crippen molar-refractivity contribution in [2.24, 2.45) is 0 Å². The maximum Gasteiger partial charge on any atom is 0.350 e. The Morgan fingerprint density at radius 1 is 1.09 bits per heavy atom. The number of Topliss-reactive ketones (excluding diaryl/α,β-unsaturated/α-hetero) is 1. The number of hydrogen-bond acceptors (Lipinski definition) is 9. The number of carbonyl (C=O) groups is 3. The quantitative estimate of drug-likeness (QED) is 0.237. The van der Waals surface area contributed by atoms with Crippen molar-refractivity contribution >= 4 is 39.9 Å². The number of nitrogens with zero attached hydrogens (tertiary/aromatic N) is 2. The molecule has 1 amide bonds. The molecular formula is C25H22N2O7S. The molecule has 1 aliphatic heterocycles. The van der Waals surface area contributed by atoms with Gasteiger partial charge in [0.1, 0.15) is 22.1 Å². The highest BCUT2D eigenvalue weighted by Crippen LogP contribution is 2.44. The number of aryl methyl sites for hydroxylation is 2. The van der Waals surface area contributed by atoms with E-state index < -0.39 is 23.7 Å². The Labute approximate surface area is 204 Å². The molecule has 0 radical (unpaired) electrons. The standard InChI is InChI=1S/C25H22N2O7S/c1-12-11-16(33-3)9-10-17(12)20(29)18-19(14-5-7-15(28)8-6-14)27(23(31)21(18)30)25-26-13(2)22(35-25)24(32)34-4/h5-11,19,28-29H,1-4H3/t19-/m1/s1. The van der Waals surface area contributed by atoms with Gasteiger partial charge >= 0.3 is 11.9 Å². The molecule has 9 nitrogen and oxygen atoms in total. The van der Waals surface area contributed by atoms with Crippen LogP contribution in [-0.2, 0) is 14.3 Å². The summed E-state index contributed by atoms with van der Waals surface area (Å²) >= 11 is 0.912. The van der Waals surface area contributed by atoms with Gasteiger partial charge in [-0.2, -0.15) is 0 Å². The lowest BCUT2D eigenvalue weighted by Crippen LogP contribution is -2.29. The SMILES string of the molecule is COC(=O)c1sc(N2C(=O)C(=O)C(=C(O)c3ccc(OC)cc3C)[C@H]2c2ccc(O)cc2)nc1C. The Hall–Kier alpha value is -4.18. The third kappa shape index (κ3) is 4.12. The van der Waals surface area contributed by atoms with Crippen molar-refractivity contribution in [3.63, 3.8) is 0 Å². The molecule has 0 bridgehead atoms. The van der Waals surface area contributed by atoms with E-state index in [-0.39, 0.29) is 27.1 Å². The molecule has 4 rings (SSSR count). The number of aliphatic hydroxyl groups is 1. The van der Waals surface area contributed by atoms with Gasteiger partial charge in [0.25, 0.3) is 5.78 Å². The highest BCUT2D eigenvalue weighted by Gasteiger charge is 2.48. The minimum absolute atomic E-state index is 0.00484. The number of carbonyl (C=O) groups excluding carboxylic acids is 3. The highest BCUT2D eigenvalue weighted by molar-refractivity contribution is 7.17. The summed E-state index contributed by atoms with van der Waals surface area (Å²) < 4.78 is 10.0. The van der Waals surface area contributed by atoms with Gasteiger partial charge in [0.15, 0.2) is 5.13 Å². The van der Waals surface area contributed by atoms with E-state index in [4.69, 9.17) is 9.47 Å². The van der Waals surface area contributed by atoms with Crippen molar-refractivity contribution in [3.8, 4) is 11.5 Å². The molecule has 0 saturated carbocycles. The largest absolute Gasteiger partial charge is 0.508 e. The molecule has 0 unspecified atom stereocenters. The minimum atomic E-state index is -1.05. The summed E-state index contributed by atoms with van der Waals surface area (Å²) in [5, 5.41) is 21.2. The lowest BCUT2D eigenvalue weighted by molar-refractivity contribution is -0.132. The van der Waals surface area contributed by atoms with E-state index in [9.17, 15) is 24.6 Å². The van der Waals surface area contributed by atoms with Crippen LogP contribution in [0.15, 0.2) is 48.0 Å². The molecule has 35 heavy (non-hydrogen) atoms. The van der Waals surface area contributed by atoms with E-state index >= 15 is 0 Å². The van der Waals surface area contributed by atoms with Gasteiger partial charge in [0.05, 0.1) is 31.5 Å². The van der Waals surface area contributed by atoms with Crippen LogP contribution in [0.1, 0.15) is 38.1 Å². The maximum atomic E-state index is 13.3. The van der Waals surface area contributed by atoms with Gasteiger partial charge in [-0.25, -0.2) is 9.78 Å². The number of methoxy groups -OCH3 is 2. The molecule has 10 heteroatoms. The van der Waals surface area contributed by atoms with Crippen LogP contribution in [0.3, 0.4) is 0 Å². The monoisotopic (exact) mass is 494 g/mol. The number of anilines is 1. The van der Waals surface area contributed by atoms with Gasteiger partial charge in [-0.1, -0.05) is 23.5 Å². The normalized spacial score (nSPS) is 17.0. The second kappa shape index (κ2) is 9.22. The first-order chi connectivity index (χ1) is 16.7. The summed E-state index contributed by atoms with van der Waals surface area (Å²) in [6, 6.07) is 9.83. The van der Waals surface area contributed by atoms with Crippen LogP contribution in [0.2, 0.25) is 0 Å². The summed E-state index contributed by atoms with van der Waals surface area (Å²) in [6.07, 6.45) is 0. The van der Waals surface area contributed by atoms with Gasteiger partial charge in [-0.05, 0) is 55.3 Å². The predicted octanol–water partition coefficient (Wildman–Crippen LogP) is 3.89. The third-order valence-electron chi connectivity index (χ3n) is 5.70. The van der Waals surface area contributed by atoms with E-state index in [2.05, 4.69) is 4.98 Å². The number of benzene rings is 2. The Morgan fingerprint density at radius 2 is 1.77 bits per heavy atom. The van der Waals surface area contributed by atoms with Gasteiger partial charge in [-0.15, -0.1) is 0 Å². The van der Waals surface area contributed by atoms with Crippen molar-refractivity contribution in [3.05, 3.63) is 75.3 Å². The summed E-state index contributed by atoms with van der Waals surface area (Å²) in [7, 11) is 2.75. The topological polar surface area (TPSA) is 126 Å². The number of aromatic hydroxyl groups is 1. The fourth-order valence-corrected chi connectivity index (χ4v) is 4.95. The Bertz CT molecular complexity index is 1370. The number of thiazole rings is 1. The smallest absolute Gasteiger partial charge is 0.350 e. The molecule has 1 atom stereocenters. The molecule has 2 N–H and O–H groups in total. The molecule has 2 heterocycles. The van der Waals surface area contributed by atoms with Gasteiger partial charge < -0.3 is 19.7 Å². The first kappa shape index (κ1) is 24.0. The fourth-order valence-electron chi connectivity index (χ4n) is 3.94. The van der Waals surface area contributed by atoms with Gasteiger partial charge in [0.2, 0.25) is 0 Å². The third-order valence-corrected chi connectivity index (χ3v) is 6.84. The lowest BCUT2D eigenvalue weighted by atomic mass is 9.94. The summed E-state index contributed by atoms with van der Waals surface area (Å²) in [5.41, 5.74) is 1.66. The second-order valence-electron chi connectivity index (χ2n) is 7.84. The Morgan fingerprint density at radius 3 is 2.37 bits per heavy atom. The number of ketones is 1. The van der Waals surface area contributed by atoms with Gasteiger partial charge in [-0.3, -0.25) is 14.5 Å². The molecule has 180 valence electrons. The zero-order valence-corrected chi connectivity index (χ0v) is 20.2. The number of hydrogen-bond donors (Lipinski definition) is 2. The first-order valence-corrected chi connectivity index (χ1v) is 11.3. The van der Waals surface area contributed by atoms with Crippen LogP contribution in [-0.4, -0.2) is 47.1 Å². The van der Waals surface area contributed by atoms with Crippen molar-refractivity contribution in [1.29, 1.82) is 0 Å². The lowest BCUT2D eigenvalue weighted by Gasteiger charge is -2.23. The zero-order valence-electron chi connectivity index (χ0n) is 19.4. The molecule has 1 fully saturated rings. The number of amides is 1. The van der Waals surface area contributed by atoms with Crippen LogP contribution in [0.5, 0.6) is 11.5 Å². The predicted molar refractivity (Wildman–Crippen MR) is 129 cm³/mol. The Balaban J connectivity index is 1.94. The number of aliphatic hydroxyl groups excluding tert-OH is 1. The van der Waals surface area contributed by atoms with E-state index in [1.807, 2.05) is 0 Å². The average Bonchev–Trinajstić information content (AvgIpc) is 3.35. The summed E-state index contributed by atoms with van der Waals surface area (Å²) in [5.74, 6) is -2.20. The van der Waals surface area contributed by atoms with Crippen LogP contribution in [0.4, 0.5) is 5.13 Å².